The molecule has 4 aromatic rings. The molecule has 0 fully saturated rings. The van der Waals surface area contributed by atoms with Crippen molar-refractivity contribution in [2.75, 3.05) is 11.1 Å². The number of nitrogens with two attached hydrogens (primary N) is 1. The van der Waals surface area contributed by atoms with Crippen LogP contribution in [0.3, 0.4) is 0 Å². The second-order valence-corrected chi connectivity index (χ2v) is 6.28. The topological polar surface area (TPSA) is 93.8 Å². The average molecular weight is 376 g/mol. The molecule has 0 radical (unpaired) electrons. The standard InChI is InChI=1S/C20H14ClN5O/c21-13-7-8-16-15(11-13)18(26-20(22)25-16)12-4-3-5-14(10-12)24-19(27)17-6-1-2-9-23-17/h1-11H,(H,24,27)(H2,22,25,26). The van der Waals surface area contributed by atoms with Gasteiger partial charge in [0.2, 0.25) is 5.95 Å². The third-order valence-corrected chi connectivity index (χ3v) is 4.20. The summed E-state index contributed by atoms with van der Waals surface area (Å²) in [6, 6.07) is 17.9. The lowest BCUT2D eigenvalue weighted by Crippen LogP contribution is -2.13. The highest BCUT2D eigenvalue weighted by Gasteiger charge is 2.12. The quantitative estimate of drug-likeness (QED) is 0.560. The van der Waals surface area contributed by atoms with Crippen molar-refractivity contribution in [1.29, 1.82) is 0 Å². The van der Waals surface area contributed by atoms with Crippen LogP contribution in [-0.2, 0) is 0 Å². The van der Waals surface area contributed by atoms with Gasteiger partial charge in [0, 0.05) is 27.9 Å². The monoisotopic (exact) mass is 375 g/mol. The summed E-state index contributed by atoms with van der Waals surface area (Å²) >= 11 is 6.14. The third-order valence-electron chi connectivity index (χ3n) is 3.97. The maximum Gasteiger partial charge on any atom is 0.274 e. The predicted molar refractivity (Wildman–Crippen MR) is 107 cm³/mol. The van der Waals surface area contributed by atoms with Gasteiger partial charge in [-0.3, -0.25) is 9.78 Å². The first-order valence-corrected chi connectivity index (χ1v) is 8.53. The average Bonchev–Trinajstić information content (AvgIpc) is 2.68. The minimum atomic E-state index is -0.289. The number of carbonyl (C=O) groups is 1. The van der Waals surface area contributed by atoms with Gasteiger partial charge in [-0.25, -0.2) is 9.97 Å². The van der Waals surface area contributed by atoms with Gasteiger partial charge in [-0.2, -0.15) is 0 Å². The van der Waals surface area contributed by atoms with Crippen molar-refractivity contribution in [3.05, 3.63) is 77.6 Å². The number of fused-ring (bicyclic) bond motifs is 1. The first-order chi connectivity index (χ1) is 13.1. The lowest BCUT2D eigenvalue weighted by molar-refractivity contribution is 0.102. The molecule has 4 rings (SSSR count). The molecule has 0 saturated carbocycles. The zero-order valence-electron chi connectivity index (χ0n) is 14.1. The van der Waals surface area contributed by atoms with E-state index < -0.39 is 0 Å². The van der Waals surface area contributed by atoms with Crippen molar-refractivity contribution >= 4 is 40.0 Å². The molecule has 0 saturated heterocycles. The van der Waals surface area contributed by atoms with E-state index >= 15 is 0 Å². The van der Waals surface area contributed by atoms with Crippen LogP contribution in [0.5, 0.6) is 0 Å². The molecule has 7 heteroatoms. The van der Waals surface area contributed by atoms with Crippen LogP contribution < -0.4 is 11.1 Å². The molecule has 3 N–H and O–H groups in total. The van der Waals surface area contributed by atoms with Crippen molar-refractivity contribution in [1.82, 2.24) is 15.0 Å². The van der Waals surface area contributed by atoms with E-state index in [0.717, 1.165) is 10.9 Å². The molecule has 27 heavy (non-hydrogen) atoms. The minimum Gasteiger partial charge on any atom is -0.368 e. The van der Waals surface area contributed by atoms with Gasteiger partial charge in [-0.15, -0.1) is 0 Å². The van der Waals surface area contributed by atoms with E-state index in [2.05, 4.69) is 20.3 Å². The van der Waals surface area contributed by atoms with Crippen LogP contribution in [0.25, 0.3) is 22.2 Å². The molecule has 0 spiro atoms. The fourth-order valence-corrected chi connectivity index (χ4v) is 2.95. The Morgan fingerprint density at radius 3 is 2.70 bits per heavy atom. The summed E-state index contributed by atoms with van der Waals surface area (Å²) in [6.45, 7) is 0. The zero-order chi connectivity index (χ0) is 18.8. The van der Waals surface area contributed by atoms with E-state index in [1.54, 1.807) is 48.7 Å². The summed E-state index contributed by atoms with van der Waals surface area (Å²) in [5, 5.41) is 4.20. The Bertz CT molecular complexity index is 1150. The molecule has 0 aliphatic carbocycles. The van der Waals surface area contributed by atoms with Crippen LogP contribution in [0.2, 0.25) is 5.02 Å². The number of hydrogen-bond acceptors (Lipinski definition) is 5. The molecule has 0 unspecified atom stereocenters. The van der Waals surface area contributed by atoms with Gasteiger partial charge in [0.15, 0.2) is 0 Å². The van der Waals surface area contributed by atoms with Gasteiger partial charge in [-0.05, 0) is 42.5 Å². The number of benzene rings is 2. The van der Waals surface area contributed by atoms with Crippen LogP contribution >= 0.6 is 11.6 Å². The first-order valence-electron chi connectivity index (χ1n) is 8.16. The summed E-state index contributed by atoms with van der Waals surface area (Å²) < 4.78 is 0. The van der Waals surface area contributed by atoms with E-state index in [1.807, 2.05) is 18.2 Å². The highest BCUT2D eigenvalue weighted by atomic mass is 35.5. The fourth-order valence-electron chi connectivity index (χ4n) is 2.78. The molecular formula is C20H14ClN5O. The second kappa shape index (κ2) is 7.01. The number of hydrogen-bond donors (Lipinski definition) is 2. The van der Waals surface area contributed by atoms with Gasteiger partial charge < -0.3 is 11.1 Å². The second-order valence-electron chi connectivity index (χ2n) is 5.84. The summed E-state index contributed by atoms with van der Waals surface area (Å²) in [7, 11) is 0. The van der Waals surface area contributed by atoms with Gasteiger partial charge in [0.25, 0.3) is 5.91 Å². The highest BCUT2D eigenvalue weighted by molar-refractivity contribution is 6.31. The van der Waals surface area contributed by atoms with Crippen LogP contribution in [0.1, 0.15) is 10.5 Å². The number of nitrogen functional groups attached to an aromatic ring is 1. The Hall–Kier alpha value is -3.51. The van der Waals surface area contributed by atoms with Crippen LogP contribution in [-0.4, -0.2) is 20.9 Å². The molecule has 2 heterocycles. The number of rotatable bonds is 3. The number of pyridine rings is 1. The van der Waals surface area contributed by atoms with Crippen molar-refractivity contribution in [2.24, 2.45) is 0 Å². The molecule has 0 aliphatic rings. The Balaban J connectivity index is 1.74. The van der Waals surface area contributed by atoms with Gasteiger partial charge in [0.1, 0.15) is 5.69 Å². The lowest BCUT2D eigenvalue weighted by Gasteiger charge is -2.10. The highest BCUT2D eigenvalue weighted by Crippen LogP contribution is 2.30. The third kappa shape index (κ3) is 3.56. The van der Waals surface area contributed by atoms with E-state index in [0.29, 0.717) is 27.6 Å². The smallest absolute Gasteiger partial charge is 0.274 e. The van der Waals surface area contributed by atoms with E-state index in [-0.39, 0.29) is 11.9 Å². The molecule has 2 aromatic heterocycles. The molecular weight excluding hydrogens is 362 g/mol. The summed E-state index contributed by atoms with van der Waals surface area (Å²) in [5.74, 6) is -0.120. The maximum atomic E-state index is 12.3. The lowest BCUT2D eigenvalue weighted by atomic mass is 10.1. The molecule has 2 aromatic carbocycles. The Morgan fingerprint density at radius 1 is 1.00 bits per heavy atom. The molecule has 6 nitrogen and oxygen atoms in total. The van der Waals surface area contributed by atoms with Crippen molar-refractivity contribution < 1.29 is 4.79 Å². The van der Waals surface area contributed by atoms with E-state index in [9.17, 15) is 4.79 Å². The summed E-state index contributed by atoms with van der Waals surface area (Å²) in [5.41, 5.74) is 8.96. The maximum absolute atomic E-state index is 12.3. The summed E-state index contributed by atoms with van der Waals surface area (Å²) in [6.07, 6.45) is 1.57. The first kappa shape index (κ1) is 16.9. The number of carbonyl (C=O) groups excluding carboxylic acids is 1. The van der Waals surface area contributed by atoms with Crippen LogP contribution in [0.15, 0.2) is 66.9 Å². The number of anilines is 2. The molecule has 132 valence electrons. The molecule has 0 atom stereocenters. The number of halogens is 1. The molecule has 0 aliphatic heterocycles. The Kier molecular flexibility index (Phi) is 4.40. The summed E-state index contributed by atoms with van der Waals surface area (Å²) in [4.78, 5) is 25.0. The molecule has 1 amide bonds. The van der Waals surface area contributed by atoms with E-state index in [1.165, 1.54) is 0 Å². The SMILES string of the molecule is Nc1nc(-c2cccc(NC(=O)c3ccccn3)c2)c2cc(Cl)ccc2n1. The Labute approximate surface area is 160 Å². The zero-order valence-corrected chi connectivity index (χ0v) is 14.8. The van der Waals surface area contributed by atoms with Crippen molar-refractivity contribution in [3.63, 3.8) is 0 Å². The molecule has 0 bridgehead atoms. The predicted octanol–water partition coefficient (Wildman–Crippen LogP) is 4.18. The van der Waals surface area contributed by atoms with Crippen LogP contribution in [0, 0.1) is 0 Å². The largest absolute Gasteiger partial charge is 0.368 e. The van der Waals surface area contributed by atoms with Crippen molar-refractivity contribution in [3.8, 4) is 11.3 Å². The van der Waals surface area contributed by atoms with E-state index in [4.69, 9.17) is 17.3 Å². The number of nitrogens with zero attached hydrogens (tertiary/aromatic N) is 3. The number of aromatic nitrogens is 3. The fraction of sp³-hybridized carbons (Fsp3) is 0. The van der Waals surface area contributed by atoms with Gasteiger partial charge in [-0.1, -0.05) is 29.8 Å². The minimum absolute atomic E-state index is 0.169. The van der Waals surface area contributed by atoms with Gasteiger partial charge in [0.05, 0.1) is 11.2 Å². The van der Waals surface area contributed by atoms with Crippen LogP contribution in [0.4, 0.5) is 11.6 Å². The number of amides is 1. The Morgan fingerprint density at radius 2 is 1.89 bits per heavy atom. The van der Waals surface area contributed by atoms with Crippen molar-refractivity contribution in [2.45, 2.75) is 0 Å². The van der Waals surface area contributed by atoms with Gasteiger partial charge >= 0.3 is 0 Å². The number of nitrogens with one attached hydrogen (secondary N) is 1. The normalized spacial score (nSPS) is 10.7.